The van der Waals surface area contributed by atoms with Gasteiger partial charge in [0.05, 0.1) is 6.61 Å². The van der Waals surface area contributed by atoms with Gasteiger partial charge in [-0.25, -0.2) is 4.98 Å². The molecule has 4 aromatic rings. The lowest BCUT2D eigenvalue weighted by molar-refractivity contribution is 0.282. The Hall–Kier alpha value is -3.17. The molecule has 0 aliphatic heterocycles. The summed E-state index contributed by atoms with van der Waals surface area (Å²) >= 11 is 0. The molecular formula is C25H24N2O. The van der Waals surface area contributed by atoms with Gasteiger partial charge in [0, 0.05) is 18.0 Å². The van der Waals surface area contributed by atoms with E-state index in [0.29, 0.717) is 5.92 Å². The molecule has 3 aromatic carbocycles. The molecule has 140 valence electrons. The molecule has 0 fully saturated rings. The average Bonchev–Trinajstić information content (AvgIpc) is 3.30. The van der Waals surface area contributed by atoms with Crippen LogP contribution in [-0.4, -0.2) is 15.1 Å². The highest BCUT2D eigenvalue weighted by molar-refractivity contribution is 5.56. The minimum absolute atomic E-state index is 0.0853. The molecule has 4 rings (SSSR count). The van der Waals surface area contributed by atoms with Crippen LogP contribution in [0.2, 0.25) is 0 Å². The second kappa shape index (κ2) is 8.68. The number of nitrogens with one attached hydrogen (secondary N) is 1. The van der Waals surface area contributed by atoms with Gasteiger partial charge in [0.15, 0.2) is 0 Å². The number of nitrogens with zero attached hydrogens (tertiary/aromatic N) is 1. The number of aliphatic hydroxyl groups is 1. The Morgan fingerprint density at radius 1 is 0.786 bits per heavy atom. The number of aliphatic hydroxyl groups excluding tert-OH is 1. The van der Waals surface area contributed by atoms with E-state index in [1.165, 1.54) is 16.7 Å². The quantitative estimate of drug-likeness (QED) is 0.475. The van der Waals surface area contributed by atoms with E-state index in [-0.39, 0.29) is 6.61 Å². The van der Waals surface area contributed by atoms with Crippen LogP contribution in [0.4, 0.5) is 0 Å². The zero-order valence-electron chi connectivity index (χ0n) is 15.8. The molecule has 0 saturated carbocycles. The van der Waals surface area contributed by atoms with Crippen molar-refractivity contribution in [1.82, 2.24) is 9.97 Å². The lowest BCUT2D eigenvalue weighted by Gasteiger charge is -2.18. The molecule has 1 heterocycles. The third-order valence-electron chi connectivity index (χ3n) is 5.14. The maximum Gasteiger partial charge on any atom is 0.137 e. The molecule has 0 saturated heterocycles. The first kappa shape index (κ1) is 18.2. The minimum Gasteiger partial charge on any atom is -0.392 e. The van der Waals surface area contributed by atoms with E-state index >= 15 is 0 Å². The van der Waals surface area contributed by atoms with Crippen molar-refractivity contribution in [3.8, 4) is 11.4 Å². The Balaban J connectivity index is 1.60. The lowest BCUT2D eigenvalue weighted by atomic mass is 9.86. The molecule has 1 aromatic heterocycles. The van der Waals surface area contributed by atoms with Gasteiger partial charge >= 0.3 is 0 Å². The third-order valence-corrected chi connectivity index (χ3v) is 5.14. The summed E-state index contributed by atoms with van der Waals surface area (Å²) in [5.74, 6) is 1.28. The van der Waals surface area contributed by atoms with E-state index in [2.05, 4.69) is 76.7 Å². The smallest absolute Gasteiger partial charge is 0.137 e. The Labute approximate surface area is 165 Å². The second-order valence-electron chi connectivity index (χ2n) is 7.13. The number of aromatic amines is 1. The van der Waals surface area contributed by atoms with Crippen LogP contribution in [0.3, 0.4) is 0 Å². The molecule has 3 nitrogen and oxygen atoms in total. The van der Waals surface area contributed by atoms with Gasteiger partial charge in [0.25, 0.3) is 0 Å². The van der Waals surface area contributed by atoms with Gasteiger partial charge in [-0.15, -0.1) is 0 Å². The molecule has 0 amide bonds. The molecule has 0 spiro atoms. The maximum atomic E-state index is 9.28. The number of benzene rings is 3. The fourth-order valence-electron chi connectivity index (χ4n) is 3.65. The van der Waals surface area contributed by atoms with Crippen molar-refractivity contribution in [1.29, 1.82) is 0 Å². The van der Waals surface area contributed by atoms with Crippen LogP contribution in [0.15, 0.2) is 91.3 Å². The van der Waals surface area contributed by atoms with Crippen molar-refractivity contribution in [2.24, 2.45) is 0 Å². The summed E-state index contributed by atoms with van der Waals surface area (Å²) in [6.07, 6.45) is 5.55. The van der Waals surface area contributed by atoms with Crippen LogP contribution in [-0.2, 0) is 19.4 Å². The van der Waals surface area contributed by atoms with Gasteiger partial charge in [-0.3, -0.25) is 0 Å². The van der Waals surface area contributed by atoms with Crippen LogP contribution in [0.5, 0.6) is 0 Å². The van der Waals surface area contributed by atoms with E-state index < -0.39 is 0 Å². The van der Waals surface area contributed by atoms with E-state index in [1.807, 2.05) is 18.3 Å². The number of imidazole rings is 1. The highest BCUT2D eigenvalue weighted by Gasteiger charge is 2.14. The van der Waals surface area contributed by atoms with E-state index in [0.717, 1.165) is 29.8 Å². The Morgan fingerprint density at radius 2 is 1.54 bits per heavy atom. The van der Waals surface area contributed by atoms with Gasteiger partial charge in [-0.05, 0) is 47.1 Å². The van der Waals surface area contributed by atoms with Gasteiger partial charge in [-0.1, -0.05) is 72.8 Å². The summed E-state index contributed by atoms with van der Waals surface area (Å²) < 4.78 is 0. The van der Waals surface area contributed by atoms with Crippen LogP contribution in [0, 0.1) is 0 Å². The van der Waals surface area contributed by atoms with Crippen LogP contribution in [0.25, 0.3) is 11.4 Å². The van der Waals surface area contributed by atoms with Crippen molar-refractivity contribution >= 4 is 0 Å². The number of aromatic nitrogens is 2. The molecule has 28 heavy (non-hydrogen) atoms. The predicted octanol–water partition coefficient (Wildman–Crippen LogP) is 5.14. The highest BCUT2D eigenvalue weighted by Crippen LogP contribution is 2.27. The molecule has 0 aliphatic carbocycles. The first-order valence-corrected chi connectivity index (χ1v) is 9.64. The molecule has 0 aliphatic rings. The summed E-state index contributed by atoms with van der Waals surface area (Å²) in [5, 5.41) is 9.28. The first-order valence-electron chi connectivity index (χ1n) is 9.64. The topological polar surface area (TPSA) is 48.9 Å². The number of hydrogen-bond donors (Lipinski definition) is 2. The van der Waals surface area contributed by atoms with Crippen LogP contribution >= 0.6 is 0 Å². The average molecular weight is 368 g/mol. The zero-order chi connectivity index (χ0) is 19.2. The molecule has 1 unspecified atom stereocenters. The van der Waals surface area contributed by atoms with Crippen molar-refractivity contribution in [3.63, 3.8) is 0 Å². The number of hydrogen-bond acceptors (Lipinski definition) is 2. The largest absolute Gasteiger partial charge is 0.392 e. The fourth-order valence-corrected chi connectivity index (χ4v) is 3.65. The van der Waals surface area contributed by atoms with Gasteiger partial charge in [0.1, 0.15) is 5.82 Å². The number of rotatable bonds is 7. The fraction of sp³-hybridized carbons (Fsp3) is 0.160. The summed E-state index contributed by atoms with van der Waals surface area (Å²) in [7, 11) is 0. The van der Waals surface area contributed by atoms with E-state index in [4.69, 9.17) is 0 Å². The van der Waals surface area contributed by atoms with Crippen LogP contribution in [0.1, 0.15) is 28.2 Å². The Kier molecular flexibility index (Phi) is 5.64. The summed E-state index contributed by atoms with van der Waals surface area (Å²) in [4.78, 5) is 7.56. The van der Waals surface area contributed by atoms with Gasteiger partial charge in [-0.2, -0.15) is 0 Å². The monoisotopic (exact) mass is 368 g/mol. The van der Waals surface area contributed by atoms with Crippen molar-refractivity contribution in [2.75, 3.05) is 0 Å². The molecule has 0 bridgehead atoms. The summed E-state index contributed by atoms with van der Waals surface area (Å²) in [5.41, 5.74) is 5.99. The Bertz CT molecular complexity index is 992. The number of H-pyrrole nitrogens is 1. The first-order chi connectivity index (χ1) is 13.8. The van der Waals surface area contributed by atoms with E-state index in [9.17, 15) is 5.11 Å². The zero-order valence-corrected chi connectivity index (χ0v) is 15.8. The molecule has 3 heteroatoms. The highest BCUT2D eigenvalue weighted by atomic mass is 16.3. The Morgan fingerprint density at radius 3 is 2.25 bits per heavy atom. The lowest BCUT2D eigenvalue weighted by Crippen LogP contribution is -2.07. The standard InChI is InChI=1S/C25H24N2O/c28-18-20-11-9-19(10-12-20)15-24(22-6-2-1-3-7-22)17-21-5-4-8-23(16-21)25-26-13-14-27-25/h1-14,16,24,28H,15,17-18H2,(H,26,27). The molecule has 0 radical (unpaired) electrons. The normalized spacial score (nSPS) is 12.0. The minimum atomic E-state index is 0.0853. The van der Waals surface area contributed by atoms with Crippen molar-refractivity contribution in [3.05, 3.63) is 114 Å². The molecule has 1 atom stereocenters. The van der Waals surface area contributed by atoms with Crippen molar-refractivity contribution in [2.45, 2.75) is 25.4 Å². The van der Waals surface area contributed by atoms with Crippen LogP contribution < -0.4 is 0 Å². The van der Waals surface area contributed by atoms with Gasteiger partial charge in [0.2, 0.25) is 0 Å². The molecule has 2 N–H and O–H groups in total. The summed E-state index contributed by atoms with van der Waals surface area (Å²) in [6, 6.07) is 27.6. The van der Waals surface area contributed by atoms with Crippen molar-refractivity contribution < 1.29 is 5.11 Å². The third kappa shape index (κ3) is 4.38. The van der Waals surface area contributed by atoms with E-state index in [1.54, 1.807) is 6.20 Å². The maximum absolute atomic E-state index is 9.28. The molecular weight excluding hydrogens is 344 g/mol. The SMILES string of the molecule is OCc1ccc(CC(Cc2cccc(-c3ncc[nH]3)c2)c2ccccc2)cc1. The van der Waals surface area contributed by atoms with Gasteiger partial charge < -0.3 is 10.1 Å². The summed E-state index contributed by atoms with van der Waals surface area (Å²) in [6.45, 7) is 0.0853. The second-order valence-corrected chi connectivity index (χ2v) is 7.13. The predicted molar refractivity (Wildman–Crippen MR) is 113 cm³/mol.